The summed E-state index contributed by atoms with van der Waals surface area (Å²) in [4.78, 5) is 17.7. The Kier molecular flexibility index (Phi) is 5.98. The molecule has 3 aromatic rings. The second-order valence-electron chi connectivity index (χ2n) is 5.92. The topological polar surface area (TPSA) is 60.5 Å². The molecule has 0 radical (unpaired) electrons. The number of hydrogen-bond acceptors (Lipinski definition) is 5. The van der Waals surface area contributed by atoms with E-state index in [9.17, 15) is 4.79 Å². The Morgan fingerprint density at radius 3 is 2.63 bits per heavy atom. The Hall–Kier alpha value is -2.57. The maximum atomic E-state index is 12.7. The van der Waals surface area contributed by atoms with E-state index in [1.807, 2.05) is 32.0 Å². The lowest BCUT2D eigenvalue weighted by Gasteiger charge is -2.10. The van der Waals surface area contributed by atoms with E-state index in [2.05, 4.69) is 10.3 Å². The smallest absolute Gasteiger partial charge is 0.267 e. The summed E-state index contributed by atoms with van der Waals surface area (Å²) in [7, 11) is 1.57. The van der Waals surface area contributed by atoms with E-state index in [4.69, 9.17) is 21.1 Å². The average molecular weight is 403 g/mol. The van der Waals surface area contributed by atoms with Gasteiger partial charge in [0.1, 0.15) is 28.0 Å². The third-order valence-corrected chi connectivity index (χ3v) is 5.21. The number of benzene rings is 2. The molecule has 0 unspecified atom stereocenters. The number of carbonyl (C=O) groups is 1. The normalized spacial score (nSPS) is 10.5. The summed E-state index contributed by atoms with van der Waals surface area (Å²) >= 11 is 7.18. The molecule has 1 amide bonds. The second-order valence-corrected chi connectivity index (χ2v) is 7.44. The Morgan fingerprint density at radius 1 is 1.19 bits per heavy atom. The standard InChI is InChI=1S/C20H19ClN2O3S/c1-12-4-9-17(25-3)16(10-12)23-20(24)19-13(2)22-18(27-19)11-26-15-7-5-14(21)6-8-15/h4-10H,11H2,1-3H3,(H,23,24). The third-order valence-electron chi connectivity index (χ3n) is 3.83. The molecule has 0 aliphatic rings. The summed E-state index contributed by atoms with van der Waals surface area (Å²) in [5, 5.41) is 4.28. The zero-order chi connectivity index (χ0) is 19.4. The van der Waals surface area contributed by atoms with Gasteiger partial charge in [0.2, 0.25) is 0 Å². The number of aryl methyl sites for hydroxylation is 2. The van der Waals surface area contributed by atoms with E-state index in [1.54, 1.807) is 31.4 Å². The lowest BCUT2D eigenvalue weighted by molar-refractivity contribution is 0.102. The Balaban J connectivity index is 1.71. The van der Waals surface area contributed by atoms with Gasteiger partial charge in [-0.3, -0.25) is 4.79 Å². The molecule has 3 rings (SSSR count). The van der Waals surface area contributed by atoms with Crippen LogP contribution in [0.5, 0.6) is 11.5 Å². The van der Waals surface area contributed by atoms with E-state index in [0.717, 1.165) is 10.6 Å². The molecule has 0 saturated carbocycles. The SMILES string of the molecule is COc1ccc(C)cc1NC(=O)c1sc(COc2ccc(Cl)cc2)nc1C. The summed E-state index contributed by atoms with van der Waals surface area (Å²) in [6.07, 6.45) is 0. The van der Waals surface area contributed by atoms with Gasteiger partial charge in [0, 0.05) is 5.02 Å². The second kappa shape index (κ2) is 8.41. The summed E-state index contributed by atoms with van der Waals surface area (Å²) in [5.74, 6) is 1.09. The van der Waals surface area contributed by atoms with E-state index >= 15 is 0 Å². The fraction of sp³-hybridized carbons (Fsp3) is 0.200. The molecule has 2 aromatic carbocycles. The number of aromatic nitrogens is 1. The van der Waals surface area contributed by atoms with Gasteiger partial charge in [-0.25, -0.2) is 4.98 Å². The van der Waals surface area contributed by atoms with Crippen LogP contribution in [0.3, 0.4) is 0 Å². The van der Waals surface area contributed by atoms with Crippen LogP contribution >= 0.6 is 22.9 Å². The fourth-order valence-corrected chi connectivity index (χ4v) is 3.50. The van der Waals surface area contributed by atoms with E-state index in [1.165, 1.54) is 11.3 Å². The van der Waals surface area contributed by atoms with Crippen molar-refractivity contribution in [1.29, 1.82) is 0 Å². The summed E-state index contributed by atoms with van der Waals surface area (Å²) in [6.45, 7) is 4.05. The van der Waals surface area contributed by atoms with Crippen molar-refractivity contribution in [3.63, 3.8) is 0 Å². The van der Waals surface area contributed by atoms with E-state index in [0.29, 0.717) is 32.8 Å². The molecular formula is C20H19ClN2O3S. The van der Waals surface area contributed by atoms with Gasteiger partial charge < -0.3 is 14.8 Å². The van der Waals surface area contributed by atoms with Crippen molar-refractivity contribution in [3.05, 3.63) is 68.6 Å². The molecule has 0 atom stereocenters. The van der Waals surface area contributed by atoms with Crippen molar-refractivity contribution in [3.8, 4) is 11.5 Å². The van der Waals surface area contributed by atoms with Gasteiger partial charge in [0.05, 0.1) is 18.5 Å². The molecule has 0 bridgehead atoms. The molecule has 0 spiro atoms. The number of methoxy groups -OCH3 is 1. The van der Waals surface area contributed by atoms with Crippen LogP contribution in [0, 0.1) is 13.8 Å². The molecule has 0 aliphatic carbocycles. The van der Waals surface area contributed by atoms with Crippen molar-refractivity contribution < 1.29 is 14.3 Å². The predicted molar refractivity (Wildman–Crippen MR) is 108 cm³/mol. The van der Waals surface area contributed by atoms with E-state index < -0.39 is 0 Å². The van der Waals surface area contributed by atoms with Crippen molar-refractivity contribution in [2.24, 2.45) is 0 Å². The largest absolute Gasteiger partial charge is 0.495 e. The molecule has 7 heteroatoms. The Bertz CT molecular complexity index is 954. The molecule has 0 fully saturated rings. The summed E-state index contributed by atoms with van der Waals surface area (Å²) < 4.78 is 11.0. The quantitative estimate of drug-likeness (QED) is 0.611. The van der Waals surface area contributed by atoms with Gasteiger partial charge in [-0.1, -0.05) is 17.7 Å². The number of ether oxygens (including phenoxy) is 2. The highest BCUT2D eigenvalue weighted by atomic mass is 35.5. The van der Waals surface area contributed by atoms with Crippen molar-refractivity contribution in [2.75, 3.05) is 12.4 Å². The first-order valence-corrected chi connectivity index (χ1v) is 9.46. The molecule has 27 heavy (non-hydrogen) atoms. The first-order valence-electron chi connectivity index (χ1n) is 8.27. The highest BCUT2D eigenvalue weighted by Crippen LogP contribution is 2.27. The van der Waals surface area contributed by atoms with E-state index in [-0.39, 0.29) is 12.5 Å². The molecule has 1 N–H and O–H groups in total. The van der Waals surface area contributed by atoms with Gasteiger partial charge >= 0.3 is 0 Å². The average Bonchev–Trinajstić information content (AvgIpc) is 3.02. The molecule has 140 valence electrons. The van der Waals surface area contributed by atoms with Crippen LogP contribution < -0.4 is 14.8 Å². The molecule has 0 saturated heterocycles. The minimum atomic E-state index is -0.216. The van der Waals surface area contributed by atoms with Crippen molar-refractivity contribution >= 4 is 34.5 Å². The number of anilines is 1. The van der Waals surface area contributed by atoms with Crippen LogP contribution in [-0.4, -0.2) is 18.0 Å². The zero-order valence-electron chi connectivity index (χ0n) is 15.2. The van der Waals surface area contributed by atoms with Gasteiger partial charge in [-0.05, 0) is 55.8 Å². The minimum Gasteiger partial charge on any atom is -0.495 e. The minimum absolute atomic E-state index is 0.216. The molecule has 1 heterocycles. The lowest BCUT2D eigenvalue weighted by Crippen LogP contribution is -2.12. The van der Waals surface area contributed by atoms with Gasteiger partial charge in [0.15, 0.2) is 0 Å². The van der Waals surface area contributed by atoms with Gasteiger partial charge in [-0.2, -0.15) is 0 Å². The molecular weight excluding hydrogens is 384 g/mol. The Morgan fingerprint density at radius 2 is 1.93 bits per heavy atom. The van der Waals surface area contributed by atoms with Crippen molar-refractivity contribution in [2.45, 2.75) is 20.5 Å². The number of thiazole rings is 1. The number of nitrogens with zero attached hydrogens (tertiary/aromatic N) is 1. The maximum absolute atomic E-state index is 12.7. The molecule has 0 aliphatic heterocycles. The number of hydrogen-bond donors (Lipinski definition) is 1. The number of amides is 1. The van der Waals surface area contributed by atoms with Crippen molar-refractivity contribution in [1.82, 2.24) is 4.98 Å². The number of rotatable bonds is 6. The lowest BCUT2D eigenvalue weighted by atomic mass is 10.2. The predicted octanol–water partition coefficient (Wildman–Crippen LogP) is 5.25. The maximum Gasteiger partial charge on any atom is 0.267 e. The van der Waals surface area contributed by atoms with Crippen LogP contribution in [0.15, 0.2) is 42.5 Å². The van der Waals surface area contributed by atoms with Crippen LogP contribution in [0.1, 0.15) is 25.9 Å². The summed E-state index contributed by atoms with van der Waals surface area (Å²) in [6, 6.07) is 12.7. The first-order chi connectivity index (χ1) is 13.0. The third kappa shape index (κ3) is 4.78. The van der Waals surface area contributed by atoms with Crippen LogP contribution in [0.25, 0.3) is 0 Å². The number of halogens is 1. The Labute approximate surface area is 166 Å². The number of nitrogens with one attached hydrogen (secondary N) is 1. The molecule has 5 nitrogen and oxygen atoms in total. The molecule has 1 aromatic heterocycles. The van der Waals surface area contributed by atoms with Crippen LogP contribution in [0.4, 0.5) is 5.69 Å². The highest BCUT2D eigenvalue weighted by molar-refractivity contribution is 7.13. The fourth-order valence-electron chi connectivity index (χ4n) is 2.50. The zero-order valence-corrected chi connectivity index (χ0v) is 16.8. The highest BCUT2D eigenvalue weighted by Gasteiger charge is 2.17. The van der Waals surface area contributed by atoms with Crippen LogP contribution in [-0.2, 0) is 6.61 Å². The van der Waals surface area contributed by atoms with Gasteiger partial charge in [0.25, 0.3) is 5.91 Å². The first kappa shape index (κ1) is 19.2. The van der Waals surface area contributed by atoms with Crippen LogP contribution in [0.2, 0.25) is 5.02 Å². The summed E-state index contributed by atoms with van der Waals surface area (Å²) in [5.41, 5.74) is 2.33. The number of carbonyl (C=O) groups excluding carboxylic acids is 1. The monoisotopic (exact) mass is 402 g/mol. The van der Waals surface area contributed by atoms with Gasteiger partial charge in [-0.15, -0.1) is 11.3 Å².